The Morgan fingerprint density at radius 2 is 1.82 bits per heavy atom. The highest BCUT2D eigenvalue weighted by molar-refractivity contribution is 6.01. The van der Waals surface area contributed by atoms with E-state index in [9.17, 15) is 9.59 Å². The summed E-state index contributed by atoms with van der Waals surface area (Å²) in [4.78, 5) is 32.3. The predicted octanol–water partition coefficient (Wildman–Crippen LogP) is 2.03. The van der Waals surface area contributed by atoms with Crippen LogP contribution in [0.1, 0.15) is 33.1 Å². The molecule has 0 fully saturated rings. The molecule has 1 aliphatic heterocycles. The van der Waals surface area contributed by atoms with Crippen LogP contribution in [0.5, 0.6) is 0 Å². The number of fused-ring (bicyclic) bond motifs is 1. The van der Waals surface area contributed by atoms with Gasteiger partial charge in [-0.05, 0) is 20.3 Å². The molecule has 0 unspecified atom stereocenters. The van der Waals surface area contributed by atoms with Crippen molar-refractivity contribution in [3.8, 4) is 11.3 Å². The Hall–Kier alpha value is -3.22. The van der Waals surface area contributed by atoms with E-state index < -0.39 is 0 Å². The van der Waals surface area contributed by atoms with Crippen molar-refractivity contribution >= 4 is 5.91 Å². The van der Waals surface area contributed by atoms with Gasteiger partial charge in [-0.3, -0.25) is 19.3 Å². The van der Waals surface area contributed by atoms with Crippen molar-refractivity contribution in [1.29, 1.82) is 0 Å². The second kappa shape index (κ2) is 7.07. The SMILES string of the molecule is Cc1[nH]nc(-c2ccccc2)c1C(=O)N1CCc2nc(C)n(C)c(=O)c2CC1. The van der Waals surface area contributed by atoms with Crippen LogP contribution in [0.25, 0.3) is 11.3 Å². The molecule has 1 aliphatic rings. The normalized spacial score (nSPS) is 13.9. The largest absolute Gasteiger partial charge is 0.338 e. The maximum absolute atomic E-state index is 13.4. The second-order valence-electron chi connectivity index (χ2n) is 7.18. The minimum atomic E-state index is -0.0635. The molecule has 0 radical (unpaired) electrons. The molecule has 0 saturated heterocycles. The Labute approximate surface area is 163 Å². The molecule has 3 heterocycles. The zero-order chi connectivity index (χ0) is 19.8. The van der Waals surface area contributed by atoms with Gasteiger partial charge >= 0.3 is 0 Å². The number of amides is 1. The standard InChI is InChI=1S/C21H23N5O2/c1-13-18(19(24-23-13)15-7-5-4-6-8-15)21(28)26-11-9-16-17(10-12-26)22-14(2)25(3)20(16)27/h4-8H,9-12H2,1-3H3,(H,23,24). The van der Waals surface area contributed by atoms with E-state index in [-0.39, 0.29) is 11.5 Å². The summed E-state index contributed by atoms with van der Waals surface area (Å²) >= 11 is 0. The molecule has 1 amide bonds. The lowest BCUT2D eigenvalue weighted by molar-refractivity contribution is 0.0763. The summed E-state index contributed by atoms with van der Waals surface area (Å²) in [6.07, 6.45) is 1.09. The van der Waals surface area contributed by atoms with Gasteiger partial charge in [0, 0.05) is 43.4 Å². The van der Waals surface area contributed by atoms with Gasteiger partial charge in [0.2, 0.25) is 0 Å². The molecule has 4 rings (SSSR count). The van der Waals surface area contributed by atoms with Gasteiger partial charge in [-0.25, -0.2) is 4.98 Å². The van der Waals surface area contributed by atoms with E-state index in [2.05, 4.69) is 15.2 Å². The third-order valence-corrected chi connectivity index (χ3v) is 5.44. The van der Waals surface area contributed by atoms with E-state index in [1.807, 2.05) is 44.2 Å². The van der Waals surface area contributed by atoms with Crippen molar-refractivity contribution in [3.05, 3.63) is 69.0 Å². The number of H-pyrrole nitrogens is 1. The number of nitrogens with zero attached hydrogens (tertiary/aromatic N) is 4. The molecule has 0 aliphatic carbocycles. The number of aryl methyl sites for hydroxylation is 2. The average Bonchev–Trinajstić information content (AvgIpc) is 2.96. The van der Waals surface area contributed by atoms with Crippen LogP contribution in [0.4, 0.5) is 0 Å². The number of carbonyl (C=O) groups is 1. The first-order chi connectivity index (χ1) is 13.5. The summed E-state index contributed by atoms with van der Waals surface area (Å²) in [6, 6.07) is 9.69. The van der Waals surface area contributed by atoms with Gasteiger partial charge in [0.1, 0.15) is 11.5 Å². The van der Waals surface area contributed by atoms with Crippen LogP contribution in [0.15, 0.2) is 35.1 Å². The lowest BCUT2D eigenvalue weighted by atomic mass is 10.0. The molecule has 0 saturated carbocycles. The van der Waals surface area contributed by atoms with Crippen molar-refractivity contribution < 1.29 is 4.79 Å². The first kappa shape index (κ1) is 18.2. The van der Waals surface area contributed by atoms with Gasteiger partial charge in [0.05, 0.1) is 11.3 Å². The van der Waals surface area contributed by atoms with Gasteiger partial charge < -0.3 is 4.90 Å². The lowest BCUT2D eigenvalue weighted by Gasteiger charge is -2.20. The van der Waals surface area contributed by atoms with Gasteiger partial charge in [-0.1, -0.05) is 30.3 Å². The monoisotopic (exact) mass is 377 g/mol. The van der Waals surface area contributed by atoms with Gasteiger partial charge in [-0.15, -0.1) is 0 Å². The van der Waals surface area contributed by atoms with Crippen molar-refractivity contribution in [2.75, 3.05) is 13.1 Å². The van der Waals surface area contributed by atoms with Crippen LogP contribution in [-0.2, 0) is 19.9 Å². The fourth-order valence-electron chi connectivity index (χ4n) is 3.73. The second-order valence-corrected chi connectivity index (χ2v) is 7.18. The average molecular weight is 377 g/mol. The lowest BCUT2D eigenvalue weighted by Crippen LogP contribution is -2.34. The summed E-state index contributed by atoms with van der Waals surface area (Å²) in [6.45, 7) is 4.71. The molecular weight excluding hydrogens is 354 g/mol. The molecule has 1 aromatic carbocycles. The highest BCUT2D eigenvalue weighted by Gasteiger charge is 2.27. The Bertz CT molecular complexity index is 1100. The number of aromatic nitrogens is 4. The molecule has 3 aromatic rings. The van der Waals surface area contributed by atoms with Crippen LogP contribution in [0.3, 0.4) is 0 Å². The maximum Gasteiger partial charge on any atom is 0.257 e. The van der Waals surface area contributed by atoms with Crippen LogP contribution in [-0.4, -0.2) is 43.6 Å². The molecule has 2 aromatic heterocycles. The van der Waals surface area contributed by atoms with Crippen molar-refractivity contribution in [1.82, 2.24) is 24.6 Å². The van der Waals surface area contributed by atoms with E-state index in [1.54, 1.807) is 16.5 Å². The van der Waals surface area contributed by atoms with Crippen LogP contribution in [0.2, 0.25) is 0 Å². The van der Waals surface area contributed by atoms with Gasteiger partial charge in [0.15, 0.2) is 0 Å². The molecule has 1 N–H and O–H groups in total. The van der Waals surface area contributed by atoms with Crippen molar-refractivity contribution in [3.63, 3.8) is 0 Å². The van der Waals surface area contributed by atoms with Crippen LogP contribution in [0, 0.1) is 13.8 Å². The molecule has 7 heteroatoms. The minimum Gasteiger partial charge on any atom is -0.338 e. The van der Waals surface area contributed by atoms with E-state index >= 15 is 0 Å². The van der Waals surface area contributed by atoms with Crippen molar-refractivity contribution in [2.45, 2.75) is 26.7 Å². The smallest absolute Gasteiger partial charge is 0.257 e. The number of aromatic amines is 1. The van der Waals surface area contributed by atoms with Crippen molar-refractivity contribution in [2.24, 2.45) is 7.05 Å². The van der Waals surface area contributed by atoms with E-state index in [0.717, 1.165) is 22.5 Å². The Morgan fingerprint density at radius 1 is 1.11 bits per heavy atom. The quantitative estimate of drug-likeness (QED) is 0.741. The number of hydrogen-bond acceptors (Lipinski definition) is 4. The summed E-state index contributed by atoms with van der Waals surface area (Å²) in [5.74, 6) is 0.632. The Balaban J connectivity index is 1.65. The zero-order valence-corrected chi connectivity index (χ0v) is 16.3. The molecule has 0 atom stereocenters. The minimum absolute atomic E-state index is 0.0127. The Kier molecular flexibility index (Phi) is 4.58. The van der Waals surface area contributed by atoms with E-state index in [0.29, 0.717) is 43.0 Å². The van der Waals surface area contributed by atoms with Gasteiger partial charge in [-0.2, -0.15) is 5.10 Å². The molecular formula is C21H23N5O2. The van der Waals surface area contributed by atoms with Crippen LogP contribution >= 0.6 is 0 Å². The summed E-state index contributed by atoms with van der Waals surface area (Å²) in [5.41, 5.74) is 4.42. The van der Waals surface area contributed by atoms with Crippen LogP contribution < -0.4 is 5.56 Å². The topological polar surface area (TPSA) is 83.9 Å². The molecule has 28 heavy (non-hydrogen) atoms. The predicted molar refractivity (Wildman–Crippen MR) is 106 cm³/mol. The number of benzene rings is 1. The summed E-state index contributed by atoms with van der Waals surface area (Å²) < 4.78 is 1.57. The molecule has 0 spiro atoms. The zero-order valence-electron chi connectivity index (χ0n) is 16.3. The Morgan fingerprint density at radius 3 is 2.57 bits per heavy atom. The highest BCUT2D eigenvalue weighted by atomic mass is 16.2. The number of hydrogen-bond donors (Lipinski definition) is 1. The maximum atomic E-state index is 13.4. The molecule has 0 bridgehead atoms. The first-order valence-corrected chi connectivity index (χ1v) is 9.42. The number of nitrogens with one attached hydrogen (secondary N) is 1. The molecule has 7 nitrogen and oxygen atoms in total. The van der Waals surface area contributed by atoms with Gasteiger partial charge in [0.25, 0.3) is 11.5 Å². The third kappa shape index (κ3) is 3.02. The fourth-order valence-corrected chi connectivity index (χ4v) is 3.73. The van der Waals surface area contributed by atoms with E-state index in [1.165, 1.54) is 0 Å². The number of rotatable bonds is 2. The molecule has 144 valence electrons. The summed E-state index contributed by atoms with van der Waals surface area (Å²) in [7, 11) is 1.74. The summed E-state index contributed by atoms with van der Waals surface area (Å²) in [5, 5.41) is 7.31. The highest BCUT2D eigenvalue weighted by Crippen LogP contribution is 2.25. The third-order valence-electron chi connectivity index (χ3n) is 5.44. The number of carbonyl (C=O) groups excluding carboxylic acids is 1. The fraction of sp³-hybridized carbons (Fsp3) is 0.333. The first-order valence-electron chi connectivity index (χ1n) is 9.42. The van der Waals surface area contributed by atoms with E-state index in [4.69, 9.17) is 0 Å².